The van der Waals surface area contributed by atoms with Gasteiger partial charge in [-0.3, -0.25) is 4.79 Å². The van der Waals surface area contributed by atoms with Crippen LogP contribution in [0.5, 0.6) is 0 Å². The molecule has 2 atom stereocenters. The zero-order chi connectivity index (χ0) is 17.6. The van der Waals surface area contributed by atoms with Crippen molar-refractivity contribution in [3.05, 3.63) is 0 Å². The SMILES string of the molecule is CN1CCCCCCN(C(=O)NC2CCCCC2)[C@H]2CCC[C@H]2C1=O. The fraction of sp³-hybridized carbons (Fsp3) is 0.900. The van der Waals surface area contributed by atoms with E-state index < -0.39 is 0 Å². The van der Waals surface area contributed by atoms with Gasteiger partial charge in [-0.25, -0.2) is 4.79 Å². The van der Waals surface area contributed by atoms with Gasteiger partial charge in [0.15, 0.2) is 0 Å². The highest BCUT2D eigenvalue weighted by molar-refractivity contribution is 5.81. The molecule has 1 aliphatic heterocycles. The van der Waals surface area contributed by atoms with Crippen molar-refractivity contribution < 1.29 is 9.59 Å². The summed E-state index contributed by atoms with van der Waals surface area (Å²) in [6.07, 6.45) is 13.3. The van der Waals surface area contributed by atoms with Crippen LogP contribution in [0.25, 0.3) is 0 Å². The van der Waals surface area contributed by atoms with Crippen molar-refractivity contribution in [3.8, 4) is 0 Å². The summed E-state index contributed by atoms with van der Waals surface area (Å²) in [6.45, 7) is 1.66. The Morgan fingerprint density at radius 1 is 0.880 bits per heavy atom. The summed E-state index contributed by atoms with van der Waals surface area (Å²) in [5, 5.41) is 3.29. The number of hydrogen-bond donors (Lipinski definition) is 1. The second-order valence-electron chi connectivity index (χ2n) is 8.26. The van der Waals surface area contributed by atoms with E-state index >= 15 is 0 Å². The number of carbonyl (C=O) groups is 2. The highest BCUT2D eigenvalue weighted by Gasteiger charge is 2.40. The van der Waals surface area contributed by atoms with Crippen LogP contribution in [0.3, 0.4) is 0 Å². The second kappa shape index (κ2) is 8.91. The Labute approximate surface area is 152 Å². The molecular weight excluding hydrogens is 314 g/mol. The van der Waals surface area contributed by atoms with Crippen LogP contribution >= 0.6 is 0 Å². The summed E-state index contributed by atoms with van der Waals surface area (Å²) in [6, 6.07) is 0.507. The Morgan fingerprint density at radius 2 is 1.56 bits per heavy atom. The van der Waals surface area contributed by atoms with Gasteiger partial charge in [0, 0.05) is 32.2 Å². The number of amides is 3. The molecule has 0 radical (unpaired) electrons. The molecule has 0 spiro atoms. The third kappa shape index (κ3) is 4.68. The van der Waals surface area contributed by atoms with Crippen molar-refractivity contribution in [2.24, 2.45) is 5.92 Å². The van der Waals surface area contributed by atoms with Crippen molar-refractivity contribution in [1.82, 2.24) is 15.1 Å². The molecule has 1 N–H and O–H groups in total. The monoisotopic (exact) mass is 349 g/mol. The van der Waals surface area contributed by atoms with Crippen LogP contribution in [0.1, 0.15) is 77.0 Å². The van der Waals surface area contributed by atoms with E-state index in [4.69, 9.17) is 0 Å². The van der Waals surface area contributed by atoms with Crippen LogP contribution in [0.4, 0.5) is 4.79 Å². The lowest BCUT2D eigenvalue weighted by molar-refractivity contribution is -0.135. The smallest absolute Gasteiger partial charge is 0.317 e. The molecular formula is C20H35N3O2. The zero-order valence-corrected chi connectivity index (χ0v) is 15.8. The maximum Gasteiger partial charge on any atom is 0.317 e. The highest BCUT2D eigenvalue weighted by atomic mass is 16.2. The molecule has 2 aliphatic carbocycles. The Hall–Kier alpha value is -1.26. The summed E-state index contributed by atoms with van der Waals surface area (Å²) in [5.74, 6) is 0.250. The van der Waals surface area contributed by atoms with E-state index in [1.807, 2.05) is 16.8 Å². The van der Waals surface area contributed by atoms with Crippen molar-refractivity contribution in [1.29, 1.82) is 0 Å². The third-order valence-electron chi connectivity index (χ3n) is 6.41. The van der Waals surface area contributed by atoms with E-state index in [2.05, 4.69) is 5.32 Å². The summed E-state index contributed by atoms with van der Waals surface area (Å²) in [5.41, 5.74) is 0. The maximum absolute atomic E-state index is 13.0. The normalized spacial score (nSPS) is 29.9. The van der Waals surface area contributed by atoms with Gasteiger partial charge in [-0.2, -0.15) is 0 Å². The molecule has 3 aliphatic rings. The quantitative estimate of drug-likeness (QED) is 0.787. The molecule has 25 heavy (non-hydrogen) atoms. The van der Waals surface area contributed by atoms with Crippen molar-refractivity contribution in [2.75, 3.05) is 20.1 Å². The molecule has 0 unspecified atom stereocenters. The fourth-order valence-corrected chi connectivity index (χ4v) is 4.90. The van der Waals surface area contributed by atoms with E-state index in [9.17, 15) is 9.59 Å². The third-order valence-corrected chi connectivity index (χ3v) is 6.41. The number of nitrogens with zero attached hydrogens (tertiary/aromatic N) is 2. The van der Waals surface area contributed by atoms with E-state index in [0.29, 0.717) is 6.04 Å². The zero-order valence-electron chi connectivity index (χ0n) is 15.8. The average molecular weight is 350 g/mol. The molecule has 0 aromatic heterocycles. The first-order valence-electron chi connectivity index (χ1n) is 10.5. The van der Waals surface area contributed by atoms with Crippen LogP contribution in [0.2, 0.25) is 0 Å². The van der Waals surface area contributed by atoms with Crippen LogP contribution < -0.4 is 5.32 Å². The van der Waals surface area contributed by atoms with Crippen LogP contribution in [-0.2, 0) is 4.79 Å². The molecule has 3 amide bonds. The largest absolute Gasteiger partial charge is 0.345 e. The van der Waals surface area contributed by atoms with Gasteiger partial charge >= 0.3 is 6.03 Å². The molecule has 0 bridgehead atoms. The maximum atomic E-state index is 13.0. The molecule has 3 rings (SSSR count). The molecule has 0 aromatic rings. The van der Waals surface area contributed by atoms with E-state index in [0.717, 1.165) is 70.9 Å². The topological polar surface area (TPSA) is 52.6 Å². The average Bonchev–Trinajstić information content (AvgIpc) is 3.09. The van der Waals surface area contributed by atoms with Gasteiger partial charge in [0.05, 0.1) is 5.92 Å². The number of hydrogen-bond acceptors (Lipinski definition) is 2. The van der Waals surface area contributed by atoms with Gasteiger partial charge in [0.25, 0.3) is 0 Å². The van der Waals surface area contributed by atoms with Gasteiger partial charge in [0.1, 0.15) is 0 Å². The van der Waals surface area contributed by atoms with Gasteiger partial charge < -0.3 is 15.1 Å². The number of urea groups is 1. The lowest BCUT2D eigenvalue weighted by Gasteiger charge is -2.35. The van der Waals surface area contributed by atoms with E-state index in [1.54, 1.807) is 0 Å². The number of carbonyl (C=O) groups excluding carboxylic acids is 2. The standard InChI is InChI=1S/C20H35N3O2/c1-22-14-7-2-3-8-15-23(18-13-9-12-17(18)19(22)24)20(25)21-16-10-5-4-6-11-16/h16-18H,2-15H2,1H3,(H,21,25)/t17-,18+/m1/s1. The molecule has 1 saturated heterocycles. The minimum atomic E-state index is 0.000191. The first-order valence-corrected chi connectivity index (χ1v) is 10.5. The number of rotatable bonds is 1. The van der Waals surface area contributed by atoms with Gasteiger partial charge in [-0.15, -0.1) is 0 Å². The minimum absolute atomic E-state index is 0.000191. The van der Waals surface area contributed by atoms with E-state index in [-0.39, 0.29) is 23.9 Å². The van der Waals surface area contributed by atoms with Crippen molar-refractivity contribution in [3.63, 3.8) is 0 Å². The number of fused-ring (bicyclic) bond motifs is 1. The predicted molar refractivity (Wildman–Crippen MR) is 99.3 cm³/mol. The van der Waals surface area contributed by atoms with Gasteiger partial charge in [-0.05, 0) is 38.5 Å². The molecule has 5 heteroatoms. The van der Waals surface area contributed by atoms with Crippen molar-refractivity contribution in [2.45, 2.75) is 89.1 Å². The lowest BCUT2D eigenvalue weighted by Crippen LogP contribution is -2.53. The fourth-order valence-electron chi connectivity index (χ4n) is 4.90. The summed E-state index contributed by atoms with van der Waals surface area (Å²) < 4.78 is 0. The Kier molecular flexibility index (Phi) is 6.60. The Morgan fingerprint density at radius 3 is 2.32 bits per heavy atom. The minimum Gasteiger partial charge on any atom is -0.345 e. The van der Waals surface area contributed by atoms with Gasteiger partial charge in [0.2, 0.25) is 5.91 Å². The second-order valence-corrected chi connectivity index (χ2v) is 8.26. The Bertz CT molecular complexity index is 462. The molecule has 0 aromatic carbocycles. The van der Waals surface area contributed by atoms with E-state index in [1.165, 1.54) is 19.3 Å². The van der Waals surface area contributed by atoms with Crippen LogP contribution in [0, 0.1) is 5.92 Å². The number of nitrogens with one attached hydrogen (secondary N) is 1. The molecule has 3 fully saturated rings. The lowest BCUT2D eigenvalue weighted by atomic mass is 9.95. The molecule has 5 nitrogen and oxygen atoms in total. The molecule has 142 valence electrons. The van der Waals surface area contributed by atoms with Crippen molar-refractivity contribution >= 4 is 11.9 Å². The first kappa shape index (κ1) is 18.5. The summed E-state index contributed by atoms with van der Waals surface area (Å²) in [7, 11) is 1.93. The Balaban J connectivity index is 1.71. The predicted octanol–water partition coefficient (Wildman–Crippen LogP) is 3.53. The highest BCUT2D eigenvalue weighted by Crippen LogP contribution is 2.32. The first-order chi connectivity index (χ1) is 12.2. The van der Waals surface area contributed by atoms with Gasteiger partial charge in [-0.1, -0.05) is 38.5 Å². The van der Waals surface area contributed by atoms with Crippen LogP contribution in [-0.4, -0.2) is 54.0 Å². The molecule has 2 saturated carbocycles. The van der Waals surface area contributed by atoms with Crippen LogP contribution in [0.15, 0.2) is 0 Å². The molecule has 1 heterocycles. The summed E-state index contributed by atoms with van der Waals surface area (Å²) in [4.78, 5) is 29.9. The summed E-state index contributed by atoms with van der Waals surface area (Å²) >= 11 is 0.